The van der Waals surface area contributed by atoms with Crippen LogP contribution in [-0.4, -0.2) is 34.1 Å². The zero-order chi connectivity index (χ0) is 16.4. The van der Waals surface area contributed by atoms with Crippen LogP contribution in [0.15, 0.2) is 24.3 Å². The van der Waals surface area contributed by atoms with E-state index >= 15 is 0 Å². The number of imidazole rings is 1. The lowest BCUT2D eigenvalue weighted by molar-refractivity contribution is -0.147. The van der Waals surface area contributed by atoms with Crippen molar-refractivity contribution < 1.29 is 13.2 Å². The molecular formula is C16H17F3N4. The molecule has 0 radical (unpaired) electrons. The molecule has 23 heavy (non-hydrogen) atoms. The van der Waals surface area contributed by atoms with Crippen LogP contribution in [0.2, 0.25) is 0 Å². The van der Waals surface area contributed by atoms with Crippen molar-refractivity contribution in [3.05, 3.63) is 30.1 Å². The quantitative estimate of drug-likeness (QED) is 0.815. The van der Waals surface area contributed by atoms with Crippen LogP contribution < -0.4 is 0 Å². The summed E-state index contributed by atoms with van der Waals surface area (Å²) in [7, 11) is 0. The van der Waals surface area contributed by atoms with Gasteiger partial charge in [-0.2, -0.15) is 18.4 Å². The number of alkyl halides is 3. The number of hydrogen-bond donors (Lipinski definition) is 0. The minimum absolute atomic E-state index is 0.170. The Morgan fingerprint density at radius 2 is 1.91 bits per heavy atom. The average molecular weight is 322 g/mol. The molecule has 1 aliphatic heterocycles. The lowest BCUT2D eigenvalue weighted by atomic mass is 9.96. The van der Waals surface area contributed by atoms with Crippen molar-refractivity contribution in [3.63, 3.8) is 0 Å². The molecule has 2 aromatic rings. The zero-order valence-electron chi connectivity index (χ0n) is 12.6. The molecule has 4 nitrogen and oxygen atoms in total. The largest absolute Gasteiger partial charge is 0.449 e. The highest BCUT2D eigenvalue weighted by Crippen LogP contribution is 2.33. The third-order valence-electron chi connectivity index (χ3n) is 4.35. The van der Waals surface area contributed by atoms with Gasteiger partial charge in [0, 0.05) is 6.54 Å². The van der Waals surface area contributed by atoms with Gasteiger partial charge in [-0.25, -0.2) is 4.98 Å². The first-order valence-corrected chi connectivity index (χ1v) is 7.61. The van der Waals surface area contributed by atoms with Gasteiger partial charge in [0.15, 0.2) is 0 Å². The number of benzene rings is 1. The first kappa shape index (κ1) is 15.8. The summed E-state index contributed by atoms with van der Waals surface area (Å²) in [6.07, 6.45) is -2.86. The van der Waals surface area contributed by atoms with E-state index in [0.29, 0.717) is 24.1 Å². The van der Waals surface area contributed by atoms with Gasteiger partial charge in [-0.3, -0.25) is 4.90 Å². The number of halogens is 3. The first-order valence-electron chi connectivity index (χ1n) is 7.61. The molecule has 0 atom stereocenters. The number of likely N-dealkylation sites (tertiary alicyclic amines) is 1. The molecule has 1 fully saturated rings. The minimum Gasteiger partial charge on any atom is -0.320 e. The number of fused-ring (bicyclic) bond motifs is 1. The van der Waals surface area contributed by atoms with E-state index in [1.165, 1.54) is 4.57 Å². The molecule has 0 unspecified atom stereocenters. The second-order valence-electron chi connectivity index (χ2n) is 5.91. The van der Waals surface area contributed by atoms with Crippen LogP contribution >= 0.6 is 0 Å². The van der Waals surface area contributed by atoms with Crippen molar-refractivity contribution in [2.24, 2.45) is 5.92 Å². The molecule has 1 aromatic heterocycles. The maximum Gasteiger partial charge on any atom is 0.449 e. The summed E-state index contributed by atoms with van der Waals surface area (Å²) in [5, 5.41) is 8.71. The Morgan fingerprint density at radius 1 is 1.22 bits per heavy atom. The monoisotopic (exact) mass is 322 g/mol. The number of aromatic nitrogens is 2. The summed E-state index contributed by atoms with van der Waals surface area (Å²) in [4.78, 5) is 5.81. The van der Waals surface area contributed by atoms with Gasteiger partial charge in [-0.1, -0.05) is 12.1 Å². The Labute approximate surface area is 132 Å². The highest BCUT2D eigenvalue weighted by Gasteiger charge is 2.38. The second-order valence-corrected chi connectivity index (χ2v) is 5.91. The van der Waals surface area contributed by atoms with E-state index < -0.39 is 12.0 Å². The Balaban J connectivity index is 1.84. The second kappa shape index (κ2) is 6.20. The molecule has 0 saturated carbocycles. The van der Waals surface area contributed by atoms with Crippen molar-refractivity contribution in [1.82, 2.24) is 14.5 Å². The van der Waals surface area contributed by atoms with Gasteiger partial charge in [0.1, 0.15) is 0 Å². The van der Waals surface area contributed by atoms with E-state index in [4.69, 9.17) is 5.26 Å². The van der Waals surface area contributed by atoms with Crippen LogP contribution in [0.3, 0.4) is 0 Å². The Bertz CT molecular complexity index is 721. The van der Waals surface area contributed by atoms with Crippen LogP contribution in [0.25, 0.3) is 11.0 Å². The van der Waals surface area contributed by atoms with E-state index in [0.717, 1.165) is 25.9 Å². The van der Waals surface area contributed by atoms with Gasteiger partial charge in [0.25, 0.3) is 0 Å². The number of nitrogens with zero attached hydrogens (tertiary/aromatic N) is 4. The molecule has 122 valence electrons. The zero-order valence-corrected chi connectivity index (χ0v) is 12.6. The molecule has 0 N–H and O–H groups in total. The Morgan fingerprint density at radius 3 is 2.57 bits per heavy atom. The van der Waals surface area contributed by atoms with Gasteiger partial charge < -0.3 is 4.57 Å². The van der Waals surface area contributed by atoms with Gasteiger partial charge in [-0.15, -0.1) is 0 Å². The topological polar surface area (TPSA) is 44.9 Å². The summed E-state index contributed by atoms with van der Waals surface area (Å²) in [6.45, 7) is 2.21. The standard InChI is InChI=1S/C16H17F3N4/c17-16(18,19)15-21-13-3-1-2-4-14(13)23(15)11-12-5-8-22(9-6-12)10-7-20/h1-4,12H,5-6,8-11H2. The summed E-state index contributed by atoms with van der Waals surface area (Å²) in [6, 6.07) is 8.83. The van der Waals surface area contributed by atoms with Crippen LogP contribution in [0.4, 0.5) is 13.2 Å². The molecule has 1 aromatic carbocycles. The van der Waals surface area contributed by atoms with Gasteiger partial charge in [0.05, 0.1) is 23.6 Å². The van der Waals surface area contributed by atoms with Crippen molar-refractivity contribution in [1.29, 1.82) is 5.26 Å². The molecule has 0 spiro atoms. The Hall–Kier alpha value is -2.07. The third-order valence-corrected chi connectivity index (χ3v) is 4.35. The van der Waals surface area contributed by atoms with Crippen LogP contribution in [0.1, 0.15) is 18.7 Å². The van der Waals surface area contributed by atoms with Crippen molar-refractivity contribution in [2.45, 2.75) is 25.6 Å². The normalized spacial score (nSPS) is 17.5. The maximum absolute atomic E-state index is 13.3. The number of para-hydroxylation sites is 2. The summed E-state index contributed by atoms with van der Waals surface area (Å²) < 4.78 is 41.1. The molecular weight excluding hydrogens is 305 g/mol. The molecule has 1 aliphatic rings. The molecule has 0 amide bonds. The van der Waals surface area contributed by atoms with Crippen molar-refractivity contribution in [3.8, 4) is 6.07 Å². The number of hydrogen-bond acceptors (Lipinski definition) is 3. The van der Waals surface area contributed by atoms with E-state index in [2.05, 4.69) is 11.1 Å². The smallest absolute Gasteiger partial charge is 0.320 e. The lowest BCUT2D eigenvalue weighted by Crippen LogP contribution is -2.35. The van der Waals surface area contributed by atoms with Crippen molar-refractivity contribution in [2.75, 3.05) is 19.6 Å². The van der Waals surface area contributed by atoms with Crippen LogP contribution in [0, 0.1) is 17.2 Å². The van der Waals surface area contributed by atoms with E-state index in [9.17, 15) is 13.2 Å². The predicted molar refractivity (Wildman–Crippen MR) is 79.5 cm³/mol. The fourth-order valence-corrected chi connectivity index (χ4v) is 3.16. The number of rotatable bonds is 3. The molecule has 3 rings (SSSR count). The highest BCUT2D eigenvalue weighted by atomic mass is 19.4. The molecule has 1 saturated heterocycles. The molecule has 0 aliphatic carbocycles. The lowest BCUT2D eigenvalue weighted by Gasteiger charge is -2.30. The predicted octanol–water partition coefficient (Wildman–Crippen LogP) is 3.29. The summed E-state index contributed by atoms with van der Waals surface area (Å²) >= 11 is 0. The molecule has 2 heterocycles. The van der Waals surface area contributed by atoms with E-state index in [-0.39, 0.29) is 5.92 Å². The van der Waals surface area contributed by atoms with Gasteiger partial charge >= 0.3 is 6.18 Å². The van der Waals surface area contributed by atoms with E-state index in [1.54, 1.807) is 24.3 Å². The van der Waals surface area contributed by atoms with Gasteiger partial charge in [-0.05, 0) is 44.0 Å². The highest BCUT2D eigenvalue weighted by molar-refractivity contribution is 5.76. The average Bonchev–Trinajstić information content (AvgIpc) is 2.89. The van der Waals surface area contributed by atoms with Gasteiger partial charge in [0.2, 0.25) is 5.82 Å². The van der Waals surface area contributed by atoms with E-state index in [1.807, 2.05) is 4.90 Å². The van der Waals surface area contributed by atoms with Crippen LogP contribution in [0.5, 0.6) is 0 Å². The minimum atomic E-state index is -4.46. The molecule has 7 heteroatoms. The number of nitriles is 1. The number of piperidine rings is 1. The van der Waals surface area contributed by atoms with Crippen molar-refractivity contribution >= 4 is 11.0 Å². The Kier molecular flexibility index (Phi) is 4.26. The summed E-state index contributed by atoms with van der Waals surface area (Å²) in [5.41, 5.74) is 0.904. The summed E-state index contributed by atoms with van der Waals surface area (Å²) in [5.74, 6) is -0.651. The third kappa shape index (κ3) is 3.32. The van der Waals surface area contributed by atoms with Crippen LogP contribution in [-0.2, 0) is 12.7 Å². The molecule has 0 bridgehead atoms. The fourth-order valence-electron chi connectivity index (χ4n) is 3.16. The first-order chi connectivity index (χ1) is 11.0. The fraction of sp³-hybridized carbons (Fsp3) is 0.500. The maximum atomic E-state index is 13.3. The SMILES string of the molecule is N#CCN1CCC(Cn2c(C(F)(F)F)nc3ccccc32)CC1.